The van der Waals surface area contributed by atoms with Gasteiger partial charge in [-0.2, -0.15) is 0 Å². The standard InChI is InChI=1S/C21H26N2O4/c1-14-6-7-17(9-15(14)2)23-12-16(10-19(23)24)20(25)22-13-21(3,26)11-18-5-4-8-27-18/h4-9,16,26H,10-13H2,1-3H3,(H,22,25). The molecule has 6 heteroatoms. The van der Waals surface area contributed by atoms with Crippen LogP contribution in [0.1, 0.15) is 30.2 Å². The Balaban J connectivity index is 1.58. The number of amides is 2. The monoisotopic (exact) mass is 370 g/mol. The molecule has 2 N–H and O–H groups in total. The number of benzene rings is 1. The highest BCUT2D eigenvalue weighted by Gasteiger charge is 2.36. The van der Waals surface area contributed by atoms with Crippen LogP contribution in [0.15, 0.2) is 41.0 Å². The Bertz CT molecular complexity index is 827. The fraction of sp³-hybridized carbons (Fsp3) is 0.429. The number of hydrogen-bond donors (Lipinski definition) is 2. The summed E-state index contributed by atoms with van der Waals surface area (Å²) in [6, 6.07) is 9.41. The molecule has 0 radical (unpaired) electrons. The van der Waals surface area contributed by atoms with E-state index in [1.807, 2.05) is 32.0 Å². The second-order valence-electron chi connectivity index (χ2n) is 7.64. The smallest absolute Gasteiger partial charge is 0.227 e. The minimum absolute atomic E-state index is 0.0549. The van der Waals surface area contributed by atoms with Gasteiger partial charge in [0.05, 0.1) is 17.8 Å². The van der Waals surface area contributed by atoms with E-state index in [2.05, 4.69) is 5.32 Å². The average Bonchev–Trinajstić information content (AvgIpc) is 3.24. The minimum Gasteiger partial charge on any atom is -0.469 e. The Morgan fingerprint density at radius 2 is 2.11 bits per heavy atom. The fourth-order valence-corrected chi connectivity index (χ4v) is 3.30. The van der Waals surface area contributed by atoms with Gasteiger partial charge in [-0.25, -0.2) is 0 Å². The first-order valence-corrected chi connectivity index (χ1v) is 9.15. The largest absolute Gasteiger partial charge is 0.469 e. The molecule has 1 aromatic heterocycles. The Morgan fingerprint density at radius 3 is 2.78 bits per heavy atom. The molecule has 144 valence electrons. The van der Waals surface area contributed by atoms with Crippen molar-refractivity contribution < 1.29 is 19.1 Å². The highest BCUT2D eigenvalue weighted by molar-refractivity contribution is 6.00. The normalized spacial score (nSPS) is 19.2. The van der Waals surface area contributed by atoms with Crippen molar-refractivity contribution in [1.29, 1.82) is 0 Å². The van der Waals surface area contributed by atoms with Crippen molar-refractivity contribution in [2.75, 3.05) is 18.0 Å². The molecule has 2 atom stereocenters. The summed E-state index contributed by atoms with van der Waals surface area (Å²) in [5.74, 6) is -0.0279. The third-order valence-corrected chi connectivity index (χ3v) is 5.08. The van der Waals surface area contributed by atoms with Gasteiger partial charge in [-0.05, 0) is 56.2 Å². The van der Waals surface area contributed by atoms with Crippen LogP contribution in [-0.4, -0.2) is 35.6 Å². The van der Waals surface area contributed by atoms with Crippen LogP contribution in [0.2, 0.25) is 0 Å². The molecule has 0 saturated carbocycles. The van der Waals surface area contributed by atoms with Gasteiger partial charge in [0.1, 0.15) is 5.76 Å². The molecule has 0 spiro atoms. The Labute approximate surface area is 159 Å². The SMILES string of the molecule is Cc1ccc(N2CC(C(=O)NCC(C)(O)Cc3ccco3)CC2=O)cc1C. The van der Waals surface area contributed by atoms with Crippen LogP contribution in [0.25, 0.3) is 0 Å². The summed E-state index contributed by atoms with van der Waals surface area (Å²) in [4.78, 5) is 26.6. The van der Waals surface area contributed by atoms with Gasteiger partial charge in [0.2, 0.25) is 11.8 Å². The van der Waals surface area contributed by atoms with Crippen molar-refractivity contribution >= 4 is 17.5 Å². The molecule has 1 aliphatic heterocycles. The fourth-order valence-electron chi connectivity index (χ4n) is 3.30. The van der Waals surface area contributed by atoms with E-state index in [0.717, 1.165) is 11.3 Å². The topological polar surface area (TPSA) is 82.8 Å². The zero-order chi connectivity index (χ0) is 19.6. The van der Waals surface area contributed by atoms with E-state index in [1.165, 1.54) is 5.56 Å². The van der Waals surface area contributed by atoms with E-state index in [-0.39, 0.29) is 24.8 Å². The number of aryl methyl sites for hydroxylation is 2. The summed E-state index contributed by atoms with van der Waals surface area (Å²) in [6.45, 7) is 6.13. The number of anilines is 1. The van der Waals surface area contributed by atoms with E-state index < -0.39 is 11.5 Å². The van der Waals surface area contributed by atoms with Gasteiger partial charge in [0.15, 0.2) is 0 Å². The molecule has 1 saturated heterocycles. The first-order chi connectivity index (χ1) is 12.7. The molecule has 27 heavy (non-hydrogen) atoms. The van der Waals surface area contributed by atoms with Crippen LogP contribution in [-0.2, 0) is 16.0 Å². The molecule has 1 aromatic carbocycles. The molecule has 0 bridgehead atoms. The number of hydrogen-bond acceptors (Lipinski definition) is 4. The summed E-state index contributed by atoms with van der Waals surface area (Å²) >= 11 is 0. The van der Waals surface area contributed by atoms with Gasteiger partial charge in [-0.1, -0.05) is 6.07 Å². The van der Waals surface area contributed by atoms with E-state index in [4.69, 9.17) is 4.42 Å². The zero-order valence-corrected chi connectivity index (χ0v) is 16.0. The molecular formula is C21H26N2O4. The first kappa shape index (κ1) is 19.2. The molecule has 3 rings (SSSR count). The predicted octanol–water partition coefficient (Wildman–Crippen LogP) is 2.36. The number of nitrogens with one attached hydrogen (secondary N) is 1. The van der Waals surface area contributed by atoms with Crippen LogP contribution in [0, 0.1) is 19.8 Å². The van der Waals surface area contributed by atoms with Crippen LogP contribution in [0.4, 0.5) is 5.69 Å². The van der Waals surface area contributed by atoms with Crippen LogP contribution in [0.5, 0.6) is 0 Å². The lowest BCUT2D eigenvalue weighted by Crippen LogP contribution is -2.44. The quantitative estimate of drug-likeness (QED) is 0.818. The molecule has 1 fully saturated rings. The average molecular weight is 370 g/mol. The molecule has 2 aromatic rings. The van der Waals surface area contributed by atoms with Crippen LogP contribution < -0.4 is 10.2 Å². The second kappa shape index (κ2) is 7.56. The summed E-state index contributed by atoms with van der Waals surface area (Å²) in [7, 11) is 0. The summed E-state index contributed by atoms with van der Waals surface area (Å²) in [5, 5.41) is 13.2. The third-order valence-electron chi connectivity index (χ3n) is 5.08. The van der Waals surface area contributed by atoms with Gasteiger partial charge in [0.25, 0.3) is 0 Å². The number of rotatable bonds is 6. The van der Waals surface area contributed by atoms with Crippen molar-refractivity contribution in [2.45, 2.75) is 39.2 Å². The molecule has 6 nitrogen and oxygen atoms in total. The number of furan rings is 1. The zero-order valence-electron chi connectivity index (χ0n) is 16.0. The first-order valence-electron chi connectivity index (χ1n) is 9.15. The Hall–Kier alpha value is -2.60. The van der Waals surface area contributed by atoms with Crippen molar-refractivity contribution in [3.8, 4) is 0 Å². The molecule has 2 heterocycles. The van der Waals surface area contributed by atoms with E-state index in [0.29, 0.717) is 18.7 Å². The van der Waals surface area contributed by atoms with Crippen molar-refractivity contribution in [3.63, 3.8) is 0 Å². The number of aliphatic hydroxyl groups is 1. The maximum atomic E-state index is 12.5. The lowest BCUT2D eigenvalue weighted by molar-refractivity contribution is -0.127. The van der Waals surface area contributed by atoms with Gasteiger partial charge in [0, 0.05) is 31.6 Å². The van der Waals surface area contributed by atoms with Crippen molar-refractivity contribution in [2.24, 2.45) is 5.92 Å². The Kier molecular flexibility index (Phi) is 5.37. The highest BCUT2D eigenvalue weighted by Crippen LogP contribution is 2.27. The molecule has 0 aliphatic carbocycles. The number of carbonyl (C=O) groups is 2. The second-order valence-corrected chi connectivity index (χ2v) is 7.64. The van der Waals surface area contributed by atoms with Gasteiger partial charge >= 0.3 is 0 Å². The number of nitrogens with zero attached hydrogens (tertiary/aromatic N) is 1. The van der Waals surface area contributed by atoms with Gasteiger partial charge in [-0.15, -0.1) is 0 Å². The summed E-state index contributed by atoms with van der Waals surface area (Å²) < 4.78 is 5.25. The lowest BCUT2D eigenvalue weighted by atomic mass is 10.00. The Morgan fingerprint density at radius 1 is 1.33 bits per heavy atom. The maximum Gasteiger partial charge on any atom is 0.227 e. The maximum absolute atomic E-state index is 12.5. The van der Waals surface area contributed by atoms with Gasteiger partial charge in [-0.3, -0.25) is 9.59 Å². The molecule has 1 aliphatic rings. The number of carbonyl (C=O) groups excluding carboxylic acids is 2. The van der Waals surface area contributed by atoms with Gasteiger partial charge < -0.3 is 19.7 Å². The molecule has 2 amide bonds. The molecule has 2 unspecified atom stereocenters. The summed E-state index contributed by atoms with van der Waals surface area (Å²) in [5.41, 5.74) is 1.98. The van der Waals surface area contributed by atoms with Crippen molar-refractivity contribution in [1.82, 2.24) is 5.32 Å². The molecular weight excluding hydrogens is 344 g/mol. The predicted molar refractivity (Wildman–Crippen MR) is 102 cm³/mol. The third kappa shape index (κ3) is 4.57. The van der Waals surface area contributed by atoms with Crippen LogP contribution in [0.3, 0.4) is 0 Å². The van der Waals surface area contributed by atoms with E-state index >= 15 is 0 Å². The van der Waals surface area contributed by atoms with Crippen molar-refractivity contribution in [3.05, 3.63) is 53.5 Å². The summed E-state index contributed by atoms with van der Waals surface area (Å²) in [6.07, 6.45) is 2.03. The lowest BCUT2D eigenvalue weighted by Gasteiger charge is -2.23. The minimum atomic E-state index is -1.12. The highest BCUT2D eigenvalue weighted by atomic mass is 16.3. The van der Waals surface area contributed by atoms with E-state index in [9.17, 15) is 14.7 Å². The van der Waals surface area contributed by atoms with E-state index in [1.54, 1.807) is 30.2 Å². The van der Waals surface area contributed by atoms with Crippen LogP contribution >= 0.6 is 0 Å².